The van der Waals surface area contributed by atoms with Gasteiger partial charge in [-0.1, -0.05) is 6.07 Å². The molecule has 0 radical (unpaired) electrons. The first-order valence-corrected chi connectivity index (χ1v) is 7.04. The Labute approximate surface area is 137 Å². The molecule has 0 aromatic heterocycles. The molecule has 0 saturated carbocycles. The number of benzene rings is 1. The number of aliphatic hydroxyl groups is 1. The first-order chi connectivity index (χ1) is 11.5. The fourth-order valence-electron chi connectivity index (χ4n) is 2.12. The predicted molar refractivity (Wildman–Crippen MR) is 75.9 cm³/mol. The second kappa shape index (κ2) is 6.90. The Morgan fingerprint density at radius 1 is 1.20 bits per heavy atom. The largest absolute Gasteiger partial charge is 0.418 e. The molecule has 0 bridgehead atoms. The summed E-state index contributed by atoms with van der Waals surface area (Å²) in [5.41, 5.74) is 0.682. The molecule has 0 saturated heterocycles. The lowest BCUT2D eigenvalue weighted by molar-refractivity contribution is -0.198. The summed E-state index contributed by atoms with van der Waals surface area (Å²) in [6.07, 6.45) is -12.4. The second-order valence-electron chi connectivity index (χ2n) is 5.29. The van der Waals surface area contributed by atoms with Gasteiger partial charge in [-0.2, -0.15) is 31.4 Å². The SMILES string of the molecule is O=C1CCC(c2ccc(NCC(O)C(F)(F)F)c(C(F)(F)F)c2)=NN1. The molecule has 1 heterocycles. The Hall–Kier alpha value is -2.30. The summed E-state index contributed by atoms with van der Waals surface area (Å²) in [6, 6.07) is 2.94. The van der Waals surface area contributed by atoms with E-state index in [1.165, 1.54) is 6.07 Å². The molecular weight excluding hydrogens is 356 g/mol. The summed E-state index contributed by atoms with van der Waals surface area (Å²) < 4.78 is 76.3. The van der Waals surface area contributed by atoms with Gasteiger partial charge in [-0.05, 0) is 17.7 Å². The quantitative estimate of drug-likeness (QED) is 0.715. The first-order valence-electron chi connectivity index (χ1n) is 7.04. The first kappa shape index (κ1) is 19.0. The maximum atomic E-state index is 13.2. The number of hydrogen-bond acceptors (Lipinski definition) is 4. The molecule has 1 aliphatic heterocycles. The summed E-state index contributed by atoms with van der Waals surface area (Å²) in [5, 5.41) is 14.5. The maximum absolute atomic E-state index is 13.2. The molecule has 25 heavy (non-hydrogen) atoms. The summed E-state index contributed by atoms with van der Waals surface area (Å²) >= 11 is 0. The van der Waals surface area contributed by atoms with Crippen LogP contribution in [0.5, 0.6) is 0 Å². The molecule has 1 aromatic rings. The number of hydrazone groups is 1. The van der Waals surface area contributed by atoms with E-state index in [0.717, 1.165) is 12.1 Å². The minimum absolute atomic E-state index is 0.0674. The zero-order chi connectivity index (χ0) is 18.8. The average Bonchev–Trinajstić information content (AvgIpc) is 2.51. The van der Waals surface area contributed by atoms with Crippen molar-refractivity contribution in [1.82, 2.24) is 5.43 Å². The highest BCUT2D eigenvalue weighted by Crippen LogP contribution is 2.36. The van der Waals surface area contributed by atoms with Gasteiger partial charge in [0.2, 0.25) is 5.91 Å². The highest BCUT2D eigenvalue weighted by Gasteiger charge is 2.39. The molecule has 0 fully saturated rings. The van der Waals surface area contributed by atoms with Crippen LogP contribution >= 0.6 is 0 Å². The van der Waals surface area contributed by atoms with Crippen molar-refractivity contribution >= 4 is 17.3 Å². The van der Waals surface area contributed by atoms with Gasteiger partial charge in [-0.3, -0.25) is 4.79 Å². The molecule has 2 rings (SSSR count). The standard InChI is InChI=1S/C14H13F6N3O2/c15-13(16,17)8-5-7(9-3-4-12(25)23-22-9)1-2-10(8)21-6-11(24)14(18,19)20/h1-2,5,11,21,24H,3-4,6H2,(H,23,25). The zero-order valence-electron chi connectivity index (χ0n) is 12.5. The van der Waals surface area contributed by atoms with Crippen LogP contribution < -0.4 is 10.7 Å². The summed E-state index contributed by atoms with van der Waals surface area (Å²) in [5.74, 6) is -0.362. The molecule has 1 unspecified atom stereocenters. The van der Waals surface area contributed by atoms with Gasteiger partial charge in [0.05, 0.1) is 11.3 Å². The van der Waals surface area contributed by atoms with Gasteiger partial charge >= 0.3 is 12.4 Å². The topological polar surface area (TPSA) is 73.7 Å². The Bertz CT molecular complexity index is 684. The van der Waals surface area contributed by atoms with Crippen LogP contribution in [0.15, 0.2) is 23.3 Å². The molecule has 1 aliphatic rings. The van der Waals surface area contributed by atoms with E-state index < -0.39 is 36.3 Å². The van der Waals surface area contributed by atoms with Crippen molar-refractivity contribution in [2.75, 3.05) is 11.9 Å². The minimum Gasteiger partial charge on any atom is -0.382 e. The molecule has 138 valence electrons. The number of nitrogens with zero attached hydrogens (tertiary/aromatic N) is 1. The fraction of sp³-hybridized carbons (Fsp3) is 0.429. The van der Waals surface area contributed by atoms with Gasteiger partial charge in [0.15, 0.2) is 6.10 Å². The van der Waals surface area contributed by atoms with Crippen molar-refractivity contribution < 1.29 is 36.2 Å². The van der Waals surface area contributed by atoms with Crippen LogP contribution in [0.3, 0.4) is 0 Å². The molecule has 11 heteroatoms. The number of alkyl halides is 6. The fourth-order valence-corrected chi connectivity index (χ4v) is 2.12. The average molecular weight is 369 g/mol. The van der Waals surface area contributed by atoms with Crippen LogP contribution in [0.1, 0.15) is 24.0 Å². The molecule has 0 aliphatic carbocycles. The van der Waals surface area contributed by atoms with E-state index in [4.69, 9.17) is 5.11 Å². The third kappa shape index (κ3) is 4.84. The molecule has 5 nitrogen and oxygen atoms in total. The molecule has 1 atom stereocenters. The van der Waals surface area contributed by atoms with Crippen LogP contribution in [0.2, 0.25) is 0 Å². The number of hydrogen-bond donors (Lipinski definition) is 3. The summed E-state index contributed by atoms with van der Waals surface area (Å²) in [6.45, 7) is -1.12. The van der Waals surface area contributed by atoms with Crippen molar-refractivity contribution in [3.8, 4) is 0 Å². The van der Waals surface area contributed by atoms with E-state index in [2.05, 4.69) is 10.5 Å². The highest BCUT2D eigenvalue weighted by atomic mass is 19.4. The van der Waals surface area contributed by atoms with Gasteiger partial charge in [-0.15, -0.1) is 0 Å². The highest BCUT2D eigenvalue weighted by molar-refractivity contribution is 6.04. The van der Waals surface area contributed by atoms with Gasteiger partial charge in [0.25, 0.3) is 0 Å². The van der Waals surface area contributed by atoms with Crippen LogP contribution in [0.25, 0.3) is 0 Å². The number of aliphatic hydroxyl groups excluding tert-OH is 1. The number of carbonyl (C=O) groups excluding carboxylic acids is 1. The number of nitrogens with one attached hydrogen (secondary N) is 2. The number of halogens is 6. The number of carbonyl (C=O) groups is 1. The van der Waals surface area contributed by atoms with E-state index in [1.54, 1.807) is 0 Å². The predicted octanol–water partition coefficient (Wildman–Crippen LogP) is 2.65. The molecule has 1 amide bonds. The third-order valence-electron chi connectivity index (χ3n) is 3.43. The Kier molecular flexibility index (Phi) is 5.26. The van der Waals surface area contributed by atoms with Gasteiger partial charge in [0, 0.05) is 25.1 Å². The van der Waals surface area contributed by atoms with E-state index in [1.807, 2.05) is 5.32 Å². The Balaban J connectivity index is 2.27. The molecule has 0 spiro atoms. The number of anilines is 1. The maximum Gasteiger partial charge on any atom is 0.418 e. The van der Waals surface area contributed by atoms with E-state index in [9.17, 15) is 31.1 Å². The van der Waals surface area contributed by atoms with Gasteiger partial charge in [0.1, 0.15) is 0 Å². The monoisotopic (exact) mass is 369 g/mol. The van der Waals surface area contributed by atoms with Crippen LogP contribution in [-0.4, -0.2) is 35.6 Å². The lowest BCUT2D eigenvalue weighted by Crippen LogP contribution is -2.35. The summed E-state index contributed by atoms with van der Waals surface area (Å²) in [7, 11) is 0. The van der Waals surface area contributed by atoms with Gasteiger partial charge < -0.3 is 10.4 Å². The van der Waals surface area contributed by atoms with E-state index >= 15 is 0 Å². The smallest absolute Gasteiger partial charge is 0.382 e. The van der Waals surface area contributed by atoms with Crippen molar-refractivity contribution in [2.24, 2.45) is 5.10 Å². The van der Waals surface area contributed by atoms with Crippen LogP contribution in [0.4, 0.5) is 32.0 Å². The summed E-state index contributed by atoms with van der Waals surface area (Å²) in [4.78, 5) is 11.0. The third-order valence-corrected chi connectivity index (χ3v) is 3.43. The van der Waals surface area contributed by atoms with E-state index in [-0.39, 0.29) is 30.0 Å². The Morgan fingerprint density at radius 2 is 1.88 bits per heavy atom. The lowest BCUT2D eigenvalue weighted by Gasteiger charge is -2.20. The van der Waals surface area contributed by atoms with Crippen molar-refractivity contribution in [3.05, 3.63) is 29.3 Å². The zero-order valence-corrected chi connectivity index (χ0v) is 12.5. The van der Waals surface area contributed by atoms with E-state index in [0.29, 0.717) is 0 Å². The normalized spacial score (nSPS) is 16.9. The molecule has 1 aromatic carbocycles. The van der Waals surface area contributed by atoms with Gasteiger partial charge in [-0.25, -0.2) is 5.43 Å². The van der Waals surface area contributed by atoms with Crippen molar-refractivity contribution in [2.45, 2.75) is 31.3 Å². The number of amides is 1. The van der Waals surface area contributed by atoms with Crippen molar-refractivity contribution in [3.63, 3.8) is 0 Å². The number of rotatable bonds is 4. The van der Waals surface area contributed by atoms with Crippen molar-refractivity contribution in [1.29, 1.82) is 0 Å². The minimum atomic E-state index is -4.94. The lowest BCUT2D eigenvalue weighted by atomic mass is 10.0. The van der Waals surface area contributed by atoms with Crippen LogP contribution in [0, 0.1) is 0 Å². The van der Waals surface area contributed by atoms with Crippen LogP contribution in [-0.2, 0) is 11.0 Å². The molecule has 3 N–H and O–H groups in total. The Morgan fingerprint density at radius 3 is 2.40 bits per heavy atom. The second-order valence-corrected chi connectivity index (χ2v) is 5.29. The molecular formula is C14H13F6N3O2.